The second kappa shape index (κ2) is 6.07. The molecule has 1 rings (SSSR count). The molecule has 17 heavy (non-hydrogen) atoms. The Balaban J connectivity index is 2.54. The predicted molar refractivity (Wildman–Crippen MR) is 77.8 cm³/mol. The summed E-state index contributed by atoms with van der Waals surface area (Å²) >= 11 is 0. The van der Waals surface area contributed by atoms with E-state index in [1.54, 1.807) is 0 Å². The summed E-state index contributed by atoms with van der Waals surface area (Å²) in [6.45, 7) is 11.4. The van der Waals surface area contributed by atoms with E-state index >= 15 is 0 Å². The number of ether oxygens (including phenoxy) is 1. The van der Waals surface area contributed by atoms with Crippen LogP contribution in [0.5, 0.6) is 0 Å². The minimum absolute atomic E-state index is 0.138. The first kappa shape index (κ1) is 14.8. The van der Waals surface area contributed by atoms with Crippen molar-refractivity contribution >= 4 is 8.07 Å². The van der Waals surface area contributed by atoms with Crippen molar-refractivity contribution in [2.75, 3.05) is 0 Å². The first-order valence-electron chi connectivity index (χ1n) is 7.14. The van der Waals surface area contributed by atoms with Gasteiger partial charge in [0.05, 0.1) is 0 Å². The standard InChI is InChI=1S/C15H28OSi/c1-6-8-11-15(12-9-7-2)14(16-15)10-13-17(3,4)5/h14H,6-9,11-12H2,1-5H3. The van der Waals surface area contributed by atoms with Crippen molar-refractivity contribution in [2.45, 2.75) is 83.7 Å². The number of hydrogen-bond donors (Lipinski definition) is 0. The topological polar surface area (TPSA) is 12.5 Å². The van der Waals surface area contributed by atoms with Crippen LogP contribution >= 0.6 is 0 Å². The number of epoxide rings is 1. The second-order valence-electron chi connectivity index (χ2n) is 6.29. The third-order valence-corrected chi connectivity index (χ3v) is 4.15. The second-order valence-corrected chi connectivity index (χ2v) is 11.0. The lowest BCUT2D eigenvalue weighted by atomic mass is 9.93. The van der Waals surface area contributed by atoms with Gasteiger partial charge in [-0.1, -0.05) is 65.1 Å². The fraction of sp³-hybridized carbons (Fsp3) is 0.867. The van der Waals surface area contributed by atoms with Crippen LogP contribution in [-0.2, 0) is 4.74 Å². The SMILES string of the molecule is CCCCC1(CCCC)OC1C#C[Si](C)(C)C. The quantitative estimate of drug-likeness (QED) is 0.388. The molecule has 0 saturated carbocycles. The molecule has 1 fully saturated rings. The molecule has 0 spiro atoms. The fourth-order valence-corrected chi connectivity index (χ4v) is 2.66. The Labute approximate surface area is 108 Å². The molecule has 1 unspecified atom stereocenters. The van der Waals surface area contributed by atoms with Crippen LogP contribution in [0, 0.1) is 11.5 Å². The Morgan fingerprint density at radius 2 is 1.59 bits per heavy atom. The van der Waals surface area contributed by atoms with Gasteiger partial charge in [-0.2, -0.15) is 0 Å². The average molecular weight is 252 g/mol. The summed E-state index contributed by atoms with van der Waals surface area (Å²) in [7, 11) is -1.25. The molecule has 1 atom stereocenters. The third kappa shape index (κ3) is 4.85. The first-order chi connectivity index (χ1) is 7.93. The average Bonchev–Trinajstić information content (AvgIpc) is 2.94. The molecule has 1 heterocycles. The monoisotopic (exact) mass is 252 g/mol. The lowest BCUT2D eigenvalue weighted by Gasteiger charge is -2.10. The summed E-state index contributed by atoms with van der Waals surface area (Å²) in [6, 6.07) is 0. The zero-order valence-electron chi connectivity index (χ0n) is 12.2. The van der Waals surface area contributed by atoms with E-state index in [1.807, 2.05) is 0 Å². The van der Waals surface area contributed by atoms with E-state index in [9.17, 15) is 0 Å². The number of hydrogen-bond acceptors (Lipinski definition) is 1. The molecule has 0 N–H and O–H groups in total. The van der Waals surface area contributed by atoms with Gasteiger partial charge in [-0.15, -0.1) is 5.54 Å². The highest BCUT2D eigenvalue weighted by Crippen LogP contribution is 2.44. The van der Waals surface area contributed by atoms with Gasteiger partial charge in [-0.25, -0.2) is 0 Å². The highest BCUT2D eigenvalue weighted by atomic mass is 28.3. The summed E-state index contributed by atoms with van der Waals surface area (Å²) < 4.78 is 5.95. The maximum atomic E-state index is 5.95. The number of unbranched alkanes of at least 4 members (excludes halogenated alkanes) is 2. The molecular formula is C15H28OSi. The molecule has 2 heteroatoms. The Hall–Kier alpha value is -0.263. The normalized spacial score (nSPS) is 21.8. The highest BCUT2D eigenvalue weighted by molar-refractivity contribution is 6.83. The molecule has 0 radical (unpaired) electrons. The van der Waals surface area contributed by atoms with Gasteiger partial charge in [0.15, 0.2) is 0 Å². The Bertz CT molecular complexity index is 284. The van der Waals surface area contributed by atoms with E-state index in [4.69, 9.17) is 4.74 Å². The van der Waals surface area contributed by atoms with Gasteiger partial charge in [-0.05, 0) is 12.8 Å². The lowest BCUT2D eigenvalue weighted by molar-refractivity contribution is 0.261. The van der Waals surface area contributed by atoms with Gasteiger partial charge in [0.25, 0.3) is 0 Å². The minimum atomic E-state index is -1.25. The van der Waals surface area contributed by atoms with Gasteiger partial charge in [0.1, 0.15) is 19.8 Å². The highest BCUT2D eigenvalue weighted by Gasteiger charge is 2.54. The largest absolute Gasteiger partial charge is 0.352 e. The van der Waals surface area contributed by atoms with Crippen molar-refractivity contribution in [3.63, 3.8) is 0 Å². The van der Waals surface area contributed by atoms with Crippen LogP contribution in [0.1, 0.15) is 52.4 Å². The Kier molecular flexibility index (Phi) is 5.28. The van der Waals surface area contributed by atoms with Crippen molar-refractivity contribution in [2.24, 2.45) is 0 Å². The molecular weight excluding hydrogens is 224 g/mol. The van der Waals surface area contributed by atoms with Gasteiger partial charge in [0, 0.05) is 0 Å². The fourth-order valence-electron chi connectivity index (χ4n) is 2.10. The molecule has 0 aromatic carbocycles. The summed E-state index contributed by atoms with van der Waals surface area (Å²) in [5, 5.41) is 0. The van der Waals surface area contributed by atoms with Crippen molar-refractivity contribution in [3.05, 3.63) is 0 Å². The first-order valence-corrected chi connectivity index (χ1v) is 10.6. The zero-order valence-corrected chi connectivity index (χ0v) is 13.2. The summed E-state index contributed by atoms with van der Waals surface area (Å²) in [6.07, 6.45) is 7.70. The molecule has 0 bridgehead atoms. The van der Waals surface area contributed by atoms with Gasteiger partial charge in [-0.3, -0.25) is 0 Å². The molecule has 98 valence electrons. The molecule has 0 amide bonds. The molecule has 1 aliphatic heterocycles. The van der Waals surface area contributed by atoms with Crippen LogP contribution in [0.3, 0.4) is 0 Å². The maximum absolute atomic E-state index is 5.95. The maximum Gasteiger partial charge on any atom is 0.147 e. The molecule has 0 aromatic rings. The summed E-state index contributed by atoms with van der Waals surface area (Å²) in [4.78, 5) is 0. The van der Waals surface area contributed by atoms with E-state index in [-0.39, 0.29) is 11.7 Å². The van der Waals surface area contributed by atoms with E-state index in [0.29, 0.717) is 0 Å². The summed E-state index contributed by atoms with van der Waals surface area (Å²) in [5.74, 6) is 3.39. The molecule has 0 aromatic heterocycles. The Morgan fingerprint density at radius 1 is 1.06 bits per heavy atom. The lowest BCUT2D eigenvalue weighted by Crippen LogP contribution is -2.18. The molecule has 0 aliphatic carbocycles. The van der Waals surface area contributed by atoms with Crippen LogP contribution in [0.25, 0.3) is 0 Å². The smallest absolute Gasteiger partial charge is 0.147 e. The predicted octanol–water partition coefficient (Wildman–Crippen LogP) is 4.39. The zero-order chi connectivity index (χ0) is 12.9. The Morgan fingerprint density at radius 3 is 2.00 bits per heavy atom. The van der Waals surface area contributed by atoms with Crippen molar-refractivity contribution in [1.82, 2.24) is 0 Å². The van der Waals surface area contributed by atoms with Crippen LogP contribution < -0.4 is 0 Å². The van der Waals surface area contributed by atoms with Crippen molar-refractivity contribution in [3.8, 4) is 11.5 Å². The van der Waals surface area contributed by atoms with Crippen LogP contribution in [0.15, 0.2) is 0 Å². The van der Waals surface area contributed by atoms with E-state index in [2.05, 4.69) is 45.0 Å². The minimum Gasteiger partial charge on any atom is -0.352 e. The van der Waals surface area contributed by atoms with Gasteiger partial charge >= 0.3 is 0 Å². The van der Waals surface area contributed by atoms with E-state index in [1.165, 1.54) is 38.5 Å². The van der Waals surface area contributed by atoms with Crippen molar-refractivity contribution < 1.29 is 4.74 Å². The number of rotatable bonds is 6. The molecule has 1 aliphatic rings. The van der Waals surface area contributed by atoms with Gasteiger partial charge < -0.3 is 4.74 Å². The van der Waals surface area contributed by atoms with Crippen molar-refractivity contribution in [1.29, 1.82) is 0 Å². The molecule has 1 nitrogen and oxygen atoms in total. The van der Waals surface area contributed by atoms with E-state index < -0.39 is 8.07 Å². The molecule has 1 saturated heterocycles. The van der Waals surface area contributed by atoms with Crippen LogP contribution in [0.2, 0.25) is 19.6 Å². The van der Waals surface area contributed by atoms with Crippen LogP contribution in [0.4, 0.5) is 0 Å². The van der Waals surface area contributed by atoms with Crippen LogP contribution in [-0.4, -0.2) is 19.8 Å². The van der Waals surface area contributed by atoms with E-state index in [0.717, 1.165) is 0 Å². The third-order valence-electron chi connectivity index (χ3n) is 3.26. The van der Waals surface area contributed by atoms with Gasteiger partial charge in [0.2, 0.25) is 0 Å². The summed E-state index contributed by atoms with van der Waals surface area (Å²) in [5.41, 5.74) is 3.59.